The number of urea groups is 1. The van der Waals surface area contributed by atoms with Crippen molar-refractivity contribution in [3.05, 3.63) is 82.8 Å². The maximum absolute atomic E-state index is 13.9. The van der Waals surface area contributed by atoms with Crippen LogP contribution in [0, 0.1) is 11.8 Å². The smallest absolute Gasteiger partial charge is 0.343 e. The summed E-state index contributed by atoms with van der Waals surface area (Å²) in [6.07, 6.45) is -0.490. The van der Waals surface area contributed by atoms with Crippen LogP contribution in [-0.4, -0.2) is 63.5 Å². The van der Waals surface area contributed by atoms with Gasteiger partial charge in [0, 0.05) is 73.0 Å². The Labute approximate surface area is 242 Å². The number of anilines is 2. The van der Waals surface area contributed by atoms with Gasteiger partial charge in [-0.2, -0.15) is 13.2 Å². The molecule has 0 spiro atoms. The summed E-state index contributed by atoms with van der Waals surface area (Å²) in [5.41, 5.74) is 2.70. The number of nitrogens with zero attached hydrogens (tertiary/aromatic N) is 4. The number of aromatic amines is 1. The van der Waals surface area contributed by atoms with Crippen molar-refractivity contribution in [2.75, 3.05) is 43.4 Å². The highest BCUT2D eigenvalue weighted by Gasteiger charge is 2.34. The highest BCUT2D eigenvalue weighted by atomic mass is 19.4. The third kappa shape index (κ3) is 7.26. The first kappa shape index (κ1) is 29.1. The lowest BCUT2D eigenvalue weighted by atomic mass is 10.0. The minimum absolute atomic E-state index is 0.0363. The van der Waals surface area contributed by atoms with E-state index in [2.05, 4.69) is 56.2 Å². The van der Waals surface area contributed by atoms with Crippen molar-refractivity contribution >= 4 is 28.6 Å². The maximum Gasteiger partial charge on any atom is 0.416 e. The van der Waals surface area contributed by atoms with Gasteiger partial charge in [-0.25, -0.2) is 14.8 Å². The molecular weight excluding hydrogens is 543 g/mol. The monoisotopic (exact) mass is 575 g/mol. The summed E-state index contributed by atoms with van der Waals surface area (Å²) in [6, 6.07) is 10.5. The largest absolute Gasteiger partial charge is 0.416 e. The fraction of sp³-hybridized carbons (Fsp3) is 0.323. The van der Waals surface area contributed by atoms with E-state index in [1.165, 1.54) is 18.3 Å². The second kappa shape index (κ2) is 12.6. The number of aromatic nitrogens is 3. The predicted molar refractivity (Wildman–Crippen MR) is 157 cm³/mol. The van der Waals surface area contributed by atoms with Crippen molar-refractivity contribution in [3.63, 3.8) is 0 Å². The minimum atomic E-state index is -4.55. The predicted octanol–water partition coefficient (Wildman–Crippen LogP) is 5.72. The lowest BCUT2D eigenvalue weighted by Gasteiger charge is -2.34. The van der Waals surface area contributed by atoms with Gasteiger partial charge in [-0.1, -0.05) is 31.8 Å². The van der Waals surface area contributed by atoms with E-state index in [-0.39, 0.29) is 23.6 Å². The van der Waals surface area contributed by atoms with Gasteiger partial charge in [-0.15, -0.1) is 0 Å². The first-order valence-electron chi connectivity index (χ1n) is 13.9. The van der Waals surface area contributed by atoms with E-state index >= 15 is 0 Å². The van der Waals surface area contributed by atoms with E-state index in [1.54, 1.807) is 18.3 Å². The standard InChI is InChI=1S/C31H32F3N7O/c1-3-25-17-24-15-22(19-36-29(24)37-25)6-5-21-9-10-35-28(16-21)39-30(42)38-26-8-7-23(27(18-26)31(32,33)34)20-41-13-11-40(4-2)12-14-41/h7-10,15-19H,3-4,11-14,20H2,1-2H3,(H,36,37)(H2,35,38,39,42). The van der Waals surface area contributed by atoms with Crippen LogP contribution in [-0.2, 0) is 19.1 Å². The van der Waals surface area contributed by atoms with E-state index in [9.17, 15) is 18.0 Å². The molecule has 4 heterocycles. The van der Waals surface area contributed by atoms with Gasteiger partial charge in [0.1, 0.15) is 11.5 Å². The third-order valence-corrected chi connectivity index (χ3v) is 7.24. The van der Waals surface area contributed by atoms with E-state index in [4.69, 9.17) is 0 Å². The van der Waals surface area contributed by atoms with Gasteiger partial charge in [0.15, 0.2) is 0 Å². The second-order valence-corrected chi connectivity index (χ2v) is 10.1. The summed E-state index contributed by atoms with van der Waals surface area (Å²) in [5, 5.41) is 6.04. The molecule has 2 amide bonds. The molecule has 0 saturated carbocycles. The summed E-state index contributed by atoms with van der Waals surface area (Å²) >= 11 is 0. The van der Waals surface area contributed by atoms with E-state index in [1.807, 2.05) is 17.0 Å². The number of likely N-dealkylation sites (N-methyl/N-ethyl adjacent to an activating group) is 1. The van der Waals surface area contributed by atoms with Crippen molar-refractivity contribution < 1.29 is 18.0 Å². The quantitative estimate of drug-likeness (QED) is 0.256. The summed E-state index contributed by atoms with van der Waals surface area (Å²) in [4.78, 5) is 28.7. The SMILES string of the molecule is CCc1cc2cc(C#Cc3ccnc(NC(=O)Nc4ccc(CN5CCN(CC)CC5)c(C(F)(F)F)c4)c3)cnc2[nH]1. The Morgan fingerprint density at radius 3 is 2.45 bits per heavy atom. The topological polar surface area (TPSA) is 89.2 Å². The van der Waals surface area contributed by atoms with Crippen LogP contribution in [0.15, 0.2) is 54.9 Å². The Kier molecular flexibility index (Phi) is 8.75. The molecular formula is C31H32F3N7O. The van der Waals surface area contributed by atoms with Crippen LogP contribution in [0.1, 0.15) is 41.8 Å². The molecule has 1 saturated heterocycles. The molecule has 1 fully saturated rings. The van der Waals surface area contributed by atoms with E-state index in [0.717, 1.165) is 54.4 Å². The Hall–Kier alpha value is -4.40. The fourth-order valence-electron chi connectivity index (χ4n) is 4.89. The Morgan fingerprint density at radius 1 is 0.952 bits per heavy atom. The van der Waals surface area contributed by atoms with Crippen molar-refractivity contribution in [2.45, 2.75) is 33.0 Å². The van der Waals surface area contributed by atoms with Gasteiger partial charge < -0.3 is 15.2 Å². The molecule has 8 nitrogen and oxygen atoms in total. The normalized spacial score (nSPS) is 14.4. The summed E-state index contributed by atoms with van der Waals surface area (Å²) in [5.74, 6) is 6.31. The molecule has 1 aliphatic heterocycles. The molecule has 3 aromatic heterocycles. The van der Waals surface area contributed by atoms with Gasteiger partial charge >= 0.3 is 12.2 Å². The highest BCUT2D eigenvalue weighted by molar-refractivity contribution is 5.99. The molecule has 0 atom stereocenters. The molecule has 4 aromatic rings. The zero-order valence-corrected chi connectivity index (χ0v) is 23.5. The van der Waals surface area contributed by atoms with Crippen molar-refractivity contribution in [2.24, 2.45) is 0 Å². The van der Waals surface area contributed by atoms with Crippen LogP contribution >= 0.6 is 0 Å². The van der Waals surface area contributed by atoms with Crippen molar-refractivity contribution in [3.8, 4) is 11.8 Å². The number of hydrogen-bond acceptors (Lipinski definition) is 5. The number of carbonyl (C=O) groups is 1. The Morgan fingerprint density at radius 2 is 1.71 bits per heavy atom. The number of halogens is 3. The molecule has 3 N–H and O–H groups in total. The van der Waals surface area contributed by atoms with Crippen LogP contribution in [0.25, 0.3) is 11.0 Å². The number of piperazine rings is 1. The van der Waals surface area contributed by atoms with Crippen LogP contribution in [0.2, 0.25) is 0 Å². The molecule has 0 radical (unpaired) electrons. The number of aryl methyl sites for hydroxylation is 1. The number of carbonyl (C=O) groups excluding carboxylic acids is 1. The van der Waals surface area contributed by atoms with Crippen LogP contribution < -0.4 is 10.6 Å². The highest BCUT2D eigenvalue weighted by Crippen LogP contribution is 2.34. The van der Waals surface area contributed by atoms with Crippen molar-refractivity contribution in [1.29, 1.82) is 0 Å². The van der Waals surface area contributed by atoms with Gasteiger partial charge in [0.05, 0.1) is 5.56 Å². The molecule has 42 heavy (non-hydrogen) atoms. The van der Waals surface area contributed by atoms with Crippen LogP contribution in [0.4, 0.5) is 29.5 Å². The number of alkyl halides is 3. The summed E-state index contributed by atoms with van der Waals surface area (Å²) in [7, 11) is 0. The number of pyridine rings is 2. The van der Waals surface area contributed by atoms with Gasteiger partial charge in [-0.3, -0.25) is 10.2 Å². The minimum Gasteiger partial charge on any atom is -0.343 e. The Bertz CT molecular complexity index is 1630. The zero-order chi connectivity index (χ0) is 29.7. The van der Waals surface area contributed by atoms with E-state index < -0.39 is 17.8 Å². The lowest BCUT2D eigenvalue weighted by Crippen LogP contribution is -2.45. The first-order valence-corrected chi connectivity index (χ1v) is 13.9. The molecule has 0 unspecified atom stereocenters. The summed E-state index contributed by atoms with van der Waals surface area (Å²) in [6.45, 7) is 8.36. The zero-order valence-electron chi connectivity index (χ0n) is 23.5. The molecule has 1 aliphatic rings. The van der Waals surface area contributed by atoms with Gasteiger partial charge in [0.2, 0.25) is 0 Å². The first-order chi connectivity index (χ1) is 20.2. The number of rotatable bonds is 6. The Balaban J connectivity index is 1.24. The number of H-pyrrole nitrogens is 1. The molecule has 1 aromatic carbocycles. The number of fused-ring (bicyclic) bond motifs is 1. The van der Waals surface area contributed by atoms with Gasteiger partial charge in [-0.05, 0) is 54.9 Å². The number of hydrogen-bond donors (Lipinski definition) is 3. The van der Waals surface area contributed by atoms with E-state index in [0.29, 0.717) is 18.7 Å². The van der Waals surface area contributed by atoms with Crippen LogP contribution in [0.3, 0.4) is 0 Å². The fourth-order valence-corrected chi connectivity index (χ4v) is 4.89. The molecule has 5 rings (SSSR count). The van der Waals surface area contributed by atoms with Crippen molar-refractivity contribution in [1.82, 2.24) is 24.8 Å². The van der Waals surface area contributed by atoms with Gasteiger partial charge in [0.25, 0.3) is 0 Å². The number of nitrogens with one attached hydrogen (secondary N) is 3. The molecule has 0 bridgehead atoms. The number of amides is 2. The average Bonchev–Trinajstić information content (AvgIpc) is 3.39. The third-order valence-electron chi connectivity index (χ3n) is 7.24. The summed E-state index contributed by atoms with van der Waals surface area (Å²) < 4.78 is 41.8. The number of benzene rings is 1. The molecule has 11 heteroatoms. The lowest BCUT2D eigenvalue weighted by molar-refractivity contribution is -0.138. The maximum atomic E-state index is 13.9. The average molecular weight is 576 g/mol. The second-order valence-electron chi connectivity index (χ2n) is 10.1. The molecule has 0 aliphatic carbocycles. The molecule has 218 valence electrons. The van der Waals surface area contributed by atoms with Crippen LogP contribution in [0.5, 0.6) is 0 Å².